The second kappa shape index (κ2) is 5.42. The van der Waals surface area contributed by atoms with Crippen molar-refractivity contribution in [2.45, 2.75) is 6.42 Å². The van der Waals surface area contributed by atoms with Gasteiger partial charge in [0.05, 0.1) is 4.92 Å². The van der Waals surface area contributed by atoms with Gasteiger partial charge in [0, 0.05) is 32.1 Å². The van der Waals surface area contributed by atoms with Crippen LogP contribution in [0.25, 0.3) is 0 Å². The van der Waals surface area contributed by atoms with Crippen molar-refractivity contribution in [3.05, 3.63) is 46.3 Å². The summed E-state index contributed by atoms with van der Waals surface area (Å²) in [4.78, 5) is 10.2. The van der Waals surface area contributed by atoms with Gasteiger partial charge in [-0.2, -0.15) is 0 Å². The molecule has 0 amide bonds. The predicted octanol–water partition coefficient (Wildman–Crippen LogP) is 1.52. The predicted molar refractivity (Wildman–Crippen MR) is 66.3 cm³/mol. The molecule has 1 heterocycles. The third-order valence-corrected chi connectivity index (χ3v) is 2.62. The third kappa shape index (κ3) is 3.03. The van der Waals surface area contributed by atoms with Gasteiger partial charge in [-0.1, -0.05) is 0 Å². The molecule has 0 aliphatic rings. The maximum Gasteiger partial charge on any atom is 0.292 e. The van der Waals surface area contributed by atoms with E-state index in [1.165, 1.54) is 0 Å². The number of nitrogens with one attached hydrogen (secondary N) is 1. The molecule has 100 valence electrons. The smallest absolute Gasteiger partial charge is 0.292 e. The number of nitrogens with zero attached hydrogens (tertiary/aromatic N) is 4. The Labute approximate surface area is 108 Å². The highest BCUT2D eigenvalue weighted by molar-refractivity contribution is 5.61. The SMILES string of the molecule is Cn1cnnc1CCNc1cc(F)ccc1[N+](=O)[O-]. The molecule has 1 aromatic carbocycles. The summed E-state index contributed by atoms with van der Waals surface area (Å²) < 4.78 is 14.8. The van der Waals surface area contributed by atoms with E-state index in [9.17, 15) is 14.5 Å². The summed E-state index contributed by atoms with van der Waals surface area (Å²) >= 11 is 0. The molecule has 0 aliphatic heterocycles. The normalized spacial score (nSPS) is 10.4. The number of benzene rings is 1. The minimum absolute atomic E-state index is 0.153. The van der Waals surface area contributed by atoms with Gasteiger partial charge in [-0.15, -0.1) is 10.2 Å². The first kappa shape index (κ1) is 12.9. The molecule has 1 N–H and O–H groups in total. The fourth-order valence-electron chi connectivity index (χ4n) is 1.65. The number of nitro groups is 1. The van der Waals surface area contributed by atoms with Crippen LogP contribution in [-0.4, -0.2) is 26.2 Å². The molecule has 7 nitrogen and oxygen atoms in total. The molecule has 0 unspecified atom stereocenters. The molecule has 8 heteroatoms. The minimum atomic E-state index is -0.551. The number of aromatic nitrogens is 3. The Morgan fingerprint density at radius 2 is 2.32 bits per heavy atom. The Hall–Kier alpha value is -2.51. The summed E-state index contributed by atoms with van der Waals surface area (Å²) in [6, 6.07) is 3.31. The molecule has 0 radical (unpaired) electrons. The zero-order valence-corrected chi connectivity index (χ0v) is 10.2. The minimum Gasteiger partial charge on any atom is -0.379 e. The van der Waals surface area contributed by atoms with Crippen LogP contribution in [0.3, 0.4) is 0 Å². The van der Waals surface area contributed by atoms with E-state index in [2.05, 4.69) is 15.5 Å². The van der Waals surface area contributed by atoms with Gasteiger partial charge in [-0.3, -0.25) is 10.1 Å². The molecule has 0 atom stereocenters. The van der Waals surface area contributed by atoms with Crippen LogP contribution < -0.4 is 5.32 Å². The Morgan fingerprint density at radius 3 is 2.95 bits per heavy atom. The highest BCUT2D eigenvalue weighted by atomic mass is 19.1. The lowest BCUT2D eigenvalue weighted by molar-refractivity contribution is -0.384. The largest absolute Gasteiger partial charge is 0.379 e. The van der Waals surface area contributed by atoms with Gasteiger partial charge in [0.2, 0.25) is 0 Å². The Morgan fingerprint density at radius 1 is 1.53 bits per heavy atom. The lowest BCUT2D eigenvalue weighted by atomic mass is 10.2. The monoisotopic (exact) mass is 265 g/mol. The average Bonchev–Trinajstić information content (AvgIpc) is 2.75. The van der Waals surface area contributed by atoms with E-state index in [-0.39, 0.29) is 11.4 Å². The maximum absolute atomic E-state index is 13.1. The average molecular weight is 265 g/mol. The Kier molecular flexibility index (Phi) is 3.69. The summed E-state index contributed by atoms with van der Waals surface area (Å²) in [6.45, 7) is 0.400. The van der Waals surface area contributed by atoms with Crippen molar-refractivity contribution in [3.8, 4) is 0 Å². The molecule has 19 heavy (non-hydrogen) atoms. The van der Waals surface area contributed by atoms with E-state index >= 15 is 0 Å². The molecule has 1 aromatic heterocycles. The molecule has 0 aliphatic carbocycles. The number of hydrogen-bond acceptors (Lipinski definition) is 5. The number of anilines is 1. The fraction of sp³-hybridized carbons (Fsp3) is 0.273. The highest BCUT2D eigenvalue weighted by Gasteiger charge is 2.14. The van der Waals surface area contributed by atoms with Gasteiger partial charge in [0.15, 0.2) is 0 Å². The zero-order chi connectivity index (χ0) is 13.8. The number of aryl methyl sites for hydroxylation is 1. The van der Waals surface area contributed by atoms with Crippen LogP contribution in [0.1, 0.15) is 5.82 Å². The molecular weight excluding hydrogens is 253 g/mol. The summed E-state index contributed by atoms with van der Waals surface area (Å²) in [5.74, 6) is 0.221. The second-order valence-electron chi connectivity index (χ2n) is 3.95. The number of hydrogen-bond donors (Lipinski definition) is 1. The van der Waals surface area contributed by atoms with E-state index in [1.807, 2.05) is 0 Å². The van der Waals surface area contributed by atoms with E-state index in [0.717, 1.165) is 24.0 Å². The maximum atomic E-state index is 13.1. The van der Waals surface area contributed by atoms with Crippen LogP contribution >= 0.6 is 0 Å². The first-order chi connectivity index (χ1) is 9.08. The lowest BCUT2D eigenvalue weighted by Gasteiger charge is -2.06. The number of halogens is 1. The summed E-state index contributed by atoms with van der Waals surface area (Å²) in [7, 11) is 1.81. The quantitative estimate of drug-likeness (QED) is 0.654. The van der Waals surface area contributed by atoms with Gasteiger partial charge in [-0.25, -0.2) is 4.39 Å². The lowest BCUT2D eigenvalue weighted by Crippen LogP contribution is -2.10. The van der Waals surface area contributed by atoms with Gasteiger partial charge >= 0.3 is 0 Å². The third-order valence-electron chi connectivity index (χ3n) is 2.62. The van der Waals surface area contributed by atoms with Crippen molar-refractivity contribution in [2.75, 3.05) is 11.9 Å². The first-order valence-corrected chi connectivity index (χ1v) is 5.58. The highest BCUT2D eigenvalue weighted by Crippen LogP contribution is 2.24. The molecule has 2 aromatic rings. The first-order valence-electron chi connectivity index (χ1n) is 5.58. The van der Waals surface area contributed by atoms with Crippen LogP contribution in [0.2, 0.25) is 0 Å². The summed E-state index contributed by atoms with van der Waals surface area (Å²) in [6.07, 6.45) is 2.10. The van der Waals surface area contributed by atoms with Gasteiger partial charge in [0.1, 0.15) is 23.7 Å². The van der Waals surface area contributed by atoms with Crippen LogP contribution in [0.5, 0.6) is 0 Å². The second-order valence-corrected chi connectivity index (χ2v) is 3.95. The number of rotatable bonds is 5. The number of nitro benzene ring substituents is 1. The van der Waals surface area contributed by atoms with Crippen LogP contribution in [0.4, 0.5) is 15.8 Å². The molecule has 0 fully saturated rings. The summed E-state index contributed by atoms with van der Waals surface area (Å²) in [5, 5.41) is 21.2. The van der Waals surface area contributed by atoms with Crippen molar-refractivity contribution in [1.82, 2.24) is 14.8 Å². The van der Waals surface area contributed by atoms with E-state index < -0.39 is 10.7 Å². The molecule has 2 rings (SSSR count). The van der Waals surface area contributed by atoms with E-state index in [4.69, 9.17) is 0 Å². The van der Waals surface area contributed by atoms with Crippen LogP contribution in [-0.2, 0) is 13.5 Å². The standard InChI is InChI=1S/C11H12FN5O2/c1-16-7-14-15-11(16)4-5-13-9-6-8(12)2-3-10(9)17(18)19/h2-3,6-7,13H,4-5H2,1H3. The molecule has 0 bridgehead atoms. The van der Waals surface area contributed by atoms with Crippen LogP contribution in [0.15, 0.2) is 24.5 Å². The van der Waals surface area contributed by atoms with Crippen molar-refractivity contribution in [3.63, 3.8) is 0 Å². The molecule has 0 saturated carbocycles. The Bertz CT molecular complexity index is 599. The van der Waals surface area contributed by atoms with Gasteiger partial charge in [-0.05, 0) is 6.07 Å². The van der Waals surface area contributed by atoms with E-state index in [0.29, 0.717) is 13.0 Å². The van der Waals surface area contributed by atoms with Crippen LogP contribution in [0, 0.1) is 15.9 Å². The van der Waals surface area contributed by atoms with Crippen molar-refractivity contribution in [2.24, 2.45) is 7.05 Å². The molecule has 0 saturated heterocycles. The molecular formula is C11H12FN5O2. The van der Waals surface area contributed by atoms with Crippen molar-refractivity contribution in [1.29, 1.82) is 0 Å². The van der Waals surface area contributed by atoms with Crippen molar-refractivity contribution < 1.29 is 9.31 Å². The summed E-state index contributed by atoms with van der Waals surface area (Å²) in [5.41, 5.74) is 0.00605. The van der Waals surface area contributed by atoms with Crippen molar-refractivity contribution >= 4 is 11.4 Å². The zero-order valence-electron chi connectivity index (χ0n) is 10.2. The van der Waals surface area contributed by atoms with E-state index in [1.54, 1.807) is 17.9 Å². The fourth-order valence-corrected chi connectivity index (χ4v) is 1.65. The Balaban J connectivity index is 2.05. The van der Waals surface area contributed by atoms with Gasteiger partial charge in [0.25, 0.3) is 5.69 Å². The topological polar surface area (TPSA) is 85.9 Å². The molecule has 0 spiro atoms. The van der Waals surface area contributed by atoms with Gasteiger partial charge < -0.3 is 9.88 Å².